The lowest BCUT2D eigenvalue weighted by Crippen LogP contribution is -2.13. The summed E-state index contributed by atoms with van der Waals surface area (Å²) in [6, 6.07) is 21.6. The Labute approximate surface area is 145 Å². The Kier molecular flexibility index (Phi) is 4.57. The average molecular weight is 332 g/mol. The zero-order chi connectivity index (χ0) is 17.8. The molecular formula is C20H16N2O3. The molecule has 25 heavy (non-hydrogen) atoms. The first-order valence-electron chi connectivity index (χ1n) is 7.77. The fraction of sp³-hybridized carbons (Fsp3) is 0.0500. The number of nitrogens with one attached hydrogen (secondary N) is 1. The van der Waals surface area contributed by atoms with Crippen molar-refractivity contribution in [3.63, 3.8) is 0 Å². The molecule has 0 aromatic heterocycles. The van der Waals surface area contributed by atoms with Crippen LogP contribution in [0.5, 0.6) is 0 Å². The van der Waals surface area contributed by atoms with Crippen LogP contribution in [-0.2, 0) is 0 Å². The zero-order valence-corrected chi connectivity index (χ0v) is 13.6. The standard InChI is InChI=1S/C20H16N2O3/c1-14-13-16(11-12-19(14)22(24)25)20(23)21-18-10-6-5-9-17(18)15-7-3-2-4-8-15/h2-13H,1H3,(H,21,23). The van der Waals surface area contributed by atoms with E-state index in [1.807, 2.05) is 54.6 Å². The number of nitro benzene ring substituents is 1. The quantitative estimate of drug-likeness (QED) is 0.550. The van der Waals surface area contributed by atoms with Crippen LogP contribution in [0.2, 0.25) is 0 Å². The highest BCUT2D eigenvalue weighted by Gasteiger charge is 2.15. The van der Waals surface area contributed by atoms with Gasteiger partial charge < -0.3 is 5.32 Å². The van der Waals surface area contributed by atoms with E-state index in [-0.39, 0.29) is 11.6 Å². The van der Waals surface area contributed by atoms with Crippen molar-refractivity contribution in [1.82, 2.24) is 0 Å². The van der Waals surface area contributed by atoms with Crippen LogP contribution in [0.4, 0.5) is 11.4 Å². The molecule has 5 heteroatoms. The SMILES string of the molecule is Cc1cc(C(=O)Nc2ccccc2-c2ccccc2)ccc1[N+](=O)[O-]. The molecule has 3 aromatic carbocycles. The number of carbonyl (C=O) groups excluding carboxylic acids is 1. The van der Waals surface area contributed by atoms with Crippen LogP contribution in [0.1, 0.15) is 15.9 Å². The summed E-state index contributed by atoms with van der Waals surface area (Å²) in [7, 11) is 0. The Morgan fingerprint density at radius 2 is 1.64 bits per heavy atom. The number of hydrogen-bond acceptors (Lipinski definition) is 3. The minimum Gasteiger partial charge on any atom is -0.321 e. The number of hydrogen-bond donors (Lipinski definition) is 1. The van der Waals surface area contributed by atoms with Crippen molar-refractivity contribution in [2.24, 2.45) is 0 Å². The van der Waals surface area contributed by atoms with Gasteiger partial charge in [-0.3, -0.25) is 14.9 Å². The van der Waals surface area contributed by atoms with E-state index < -0.39 is 4.92 Å². The molecular weight excluding hydrogens is 316 g/mol. The lowest BCUT2D eigenvalue weighted by atomic mass is 10.0. The number of benzene rings is 3. The highest BCUT2D eigenvalue weighted by molar-refractivity contribution is 6.06. The summed E-state index contributed by atoms with van der Waals surface area (Å²) in [6.07, 6.45) is 0. The lowest BCUT2D eigenvalue weighted by Gasteiger charge is -2.11. The molecule has 0 bridgehead atoms. The molecule has 0 radical (unpaired) electrons. The summed E-state index contributed by atoms with van der Waals surface area (Å²) in [5.74, 6) is -0.304. The average Bonchev–Trinajstić information content (AvgIpc) is 2.62. The van der Waals surface area contributed by atoms with E-state index in [1.54, 1.807) is 6.92 Å². The number of nitrogens with zero attached hydrogens (tertiary/aromatic N) is 1. The van der Waals surface area contributed by atoms with E-state index in [1.165, 1.54) is 18.2 Å². The fourth-order valence-corrected chi connectivity index (χ4v) is 2.66. The molecule has 124 valence electrons. The molecule has 1 N–H and O–H groups in total. The van der Waals surface area contributed by atoms with Crippen LogP contribution < -0.4 is 5.32 Å². The molecule has 0 unspecified atom stereocenters. The maximum absolute atomic E-state index is 12.6. The van der Waals surface area contributed by atoms with Gasteiger partial charge in [-0.15, -0.1) is 0 Å². The molecule has 0 atom stereocenters. The van der Waals surface area contributed by atoms with Gasteiger partial charge in [0, 0.05) is 28.4 Å². The highest BCUT2D eigenvalue weighted by atomic mass is 16.6. The number of anilines is 1. The van der Waals surface area contributed by atoms with Gasteiger partial charge in [0.05, 0.1) is 4.92 Å². The summed E-state index contributed by atoms with van der Waals surface area (Å²) in [5.41, 5.74) is 3.43. The Hall–Kier alpha value is -3.47. The summed E-state index contributed by atoms with van der Waals surface area (Å²) in [4.78, 5) is 23.0. The van der Waals surface area contributed by atoms with E-state index >= 15 is 0 Å². The summed E-state index contributed by atoms with van der Waals surface area (Å²) in [5, 5.41) is 13.8. The van der Waals surface area contributed by atoms with Crippen molar-refractivity contribution in [1.29, 1.82) is 0 Å². The topological polar surface area (TPSA) is 72.2 Å². The van der Waals surface area contributed by atoms with Crippen LogP contribution >= 0.6 is 0 Å². The normalized spacial score (nSPS) is 10.3. The summed E-state index contributed by atoms with van der Waals surface area (Å²) < 4.78 is 0. The Bertz CT molecular complexity index is 937. The van der Waals surface area contributed by atoms with Crippen molar-refractivity contribution in [2.45, 2.75) is 6.92 Å². The second-order valence-electron chi connectivity index (χ2n) is 5.62. The first-order valence-corrected chi connectivity index (χ1v) is 7.77. The molecule has 0 aliphatic carbocycles. The number of aryl methyl sites for hydroxylation is 1. The summed E-state index contributed by atoms with van der Waals surface area (Å²) >= 11 is 0. The lowest BCUT2D eigenvalue weighted by molar-refractivity contribution is -0.385. The van der Waals surface area contributed by atoms with E-state index in [0.29, 0.717) is 16.8 Å². The monoisotopic (exact) mass is 332 g/mol. The zero-order valence-electron chi connectivity index (χ0n) is 13.6. The molecule has 0 saturated heterocycles. The van der Waals surface area contributed by atoms with Gasteiger partial charge in [0.1, 0.15) is 0 Å². The van der Waals surface area contributed by atoms with Crippen molar-refractivity contribution < 1.29 is 9.72 Å². The highest BCUT2D eigenvalue weighted by Crippen LogP contribution is 2.28. The second kappa shape index (κ2) is 6.97. The van der Waals surface area contributed by atoms with Crippen molar-refractivity contribution in [3.8, 4) is 11.1 Å². The molecule has 0 spiro atoms. The predicted molar refractivity (Wildman–Crippen MR) is 97.7 cm³/mol. The van der Waals surface area contributed by atoms with Crippen LogP contribution in [-0.4, -0.2) is 10.8 Å². The van der Waals surface area contributed by atoms with Crippen LogP contribution in [0.15, 0.2) is 72.8 Å². The fourth-order valence-electron chi connectivity index (χ4n) is 2.66. The second-order valence-corrected chi connectivity index (χ2v) is 5.62. The molecule has 0 aliphatic rings. The minimum atomic E-state index is -0.457. The van der Waals surface area contributed by atoms with E-state index in [2.05, 4.69) is 5.32 Å². The predicted octanol–water partition coefficient (Wildman–Crippen LogP) is 4.82. The minimum absolute atomic E-state index is 0.00114. The molecule has 0 fully saturated rings. The van der Waals surface area contributed by atoms with Gasteiger partial charge in [-0.1, -0.05) is 48.5 Å². The van der Waals surface area contributed by atoms with Gasteiger partial charge in [-0.25, -0.2) is 0 Å². The number of para-hydroxylation sites is 1. The van der Waals surface area contributed by atoms with Crippen LogP contribution in [0, 0.1) is 17.0 Å². The van der Waals surface area contributed by atoms with Crippen molar-refractivity contribution in [3.05, 3.63) is 94.0 Å². The Morgan fingerprint density at radius 3 is 2.32 bits per heavy atom. The molecule has 0 heterocycles. The van der Waals surface area contributed by atoms with Crippen LogP contribution in [0.25, 0.3) is 11.1 Å². The number of amides is 1. The van der Waals surface area contributed by atoms with Crippen molar-refractivity contribution >= 4 is 17.3 Å². The van der Waals surface area contributed by atoms with Gasteiger partial charge in [0.25, 0.3) is 11.6 Å². The molecule has 3 rings (SSSR count). The molecule has 1 amide bonds. The maximum Gasteiger partial charge on any atom is 0.272 e. The van der Waals surface area contributed by atoms with E-state index in [4.69, 9.17) is 0 Å². The third kappa shape index (κ3) is 3.55. The summed E-state index contributed by atoms with van der Waals surface area (Å²) in [6.45, 7) is 1.62. The first-order chi connectivity index (χ1) is 12.1. The van der Waals surface area contributed by atoms with E-state index in [0.717, 1.165) is 11.1 Å². The van der Waals surface area contributed by atoms with Gasteiger partial charge in [-0.2, -0.15) is 0 Å². The number of rotatable bonds is 4. The molecule has 0 aliphatic heterocycles. The molecule has 0 saturated carbocycles. The number of nitro groups is 1. The number of carbonyl (C=O) groups is 1. The van der Waals surface area contributed by atoms with E-state index in [9.17, 15) is 14.9 Å². The largest absolute Gasteiger partial charge is 0.321 e. The van der Waals surface area contributed by atoms with Gasteiger partial charge >= 0.3 is 0 Å². The van der Waals surface area contributed by atoms with Crippen molar-refractivity contribution in [2.75, 3.05) is 5.32 Å². The molecule has 3 aromatic rings. The van der Waals surface area contributed by atoms with Gasteiger partial charge in [0.15, 0.2) is 0 Å². The smallest absolute Gasteiger partial charge is 0.272 e. The third-order valence-corrected chi connectivity index (χ3v) is 3.92. The third-order valence-electron chi connectivity index (χ3n) is 3.92. The van der Waals surface area contributed by atoms with Gasteiger partial charge in [0.2, 0.25) is 0 Å². The first kappa shape index (κ1) is 16.4. The Balaban J connectivity index is 1.90. The molecule has 5 nitrogen and oxygen atoms in total. The Morgan fingerprint density at radius 1 is 0.960 bits per heavy atom. The van der Waals surface area contributed by atoms with Crippen LogP contribution in [0.3, 0.4) is 0 Å². The van der Waals surface area contributed by atoms with Gasteiger partial charge in [-0.05, 0) is 30.7 Å². The maximum atomic E-state index is 12.6.